The van der Waals surface area contributed by atoms with E-state index in [0.717, 1.165) is 70.2 Å². The fraction of sp³-hybridized carbons (Fsp3) is 0.500. The maximum atomic E-state index is 5.87. The number of benzene rings is 2. The number of rotatable bonds is 7. The molecule has 2 aromatic carbocycles. The van der Waals surface area contributed by atoms with Crippen molar-refractivity contribution in [3.63, 3.8) is 0 Å². The molecule has 6 rings (SSSR count). The molecular weight excluding hydrogens is 532 g/mol. The van der Waals surface area contributed by atoms with Crippen LogP contribution >= 0.6 is 0 Å². The van der Waals surface area contributed by atoms with E-state index in [9.17, 15) is 0 Å². The molecule has 0 amide bonds. The van der Waals surface area contributed by atoms with Crippen molar-refractivity contribution in [2.45, 2.75) is 46.0 Å². The van der Waals surface area contributed by atoms with Crippen LogP contribution < -0.4 is 14.5 Å². The predicted octanol–water partition coefficient (Wildman–Crippen LogP) is 6.13. The van der Waals surface area contributed by atoms with Crippen LogP contribution in [0.25, 0.3) is 21.5 Å². The van der Waals surface area contributed by atoms with Gasteiger partial charge in [-0.05, 0) is 65.5 Å². The van der Waals surface area contributed by atoms with E-state index in [1.165, 1.54) is 49.6 Å². The molecule has 0 radical (unpaired) electrons. The SMILES string of the molecule is COc1cc(N2CCN(C)CC2)c2cnc(Cc3cc(N4CCN(C)CC4)c4cncc(C(C)C)c4c3)c(C(C)C)c2c1. The summed E-state index contributed by atoms with van der Waals surface area (Å²) in [5, 5.41) is 5.07. The van der Waals surface area contributed by atoms with E-state index in [4.69, 9.17) is 9.72 Å². The Morgan fingerprint density at radius 1 is 0.674 bits per heavy atom. The third kappa shape index (κ3) is 5.89. The van der Waals surface area contributed by atoms with Gasteiger partial charge in [0.25, 0.3) is 0 Å². The molecule has 0 N–H and O–H groups in total. The third-order valence-electron chi connectivity index (χ3n) is 9.52. The molecule has 4 aromatic rings. The first kappa shape index (κ1) is 29.6. The number of methoxy groups -OCH3 is 1. The molecular formula is C36H48N6O. The lowest BCUT2D eigenvalue weighted by atomic mass is 9.90. The summed E-state index contributed by atoms with van der Waals surface area (Å²) < 4.78 is 5.87. The maximum absolute atomic E-state index is 5.87. The Labute approximate surface area is 257 Å². The number of likely N-dealkylation sites (N-methyl/N-ethyl adjacent to an activating group) is 2. The summed E-state index contributed by atoms with van der Waals surface area (Å²) >= 11 is 0. The second-order valence-corrected chi connectivity index (χ2v) is 13.2. The predicted molar refractivity (Wildman–Crippen MR) is 180 cm³/mol. The van der Waals surface area contributed by atoms with Crippen LogP contribution in [0.3, 0.4) is 0 Å². The monoisotopic (exact) mass is 580 g/mol. The second-order valence-electron chi connectivity index (χ2n) is 13.2. The van der Waals surface area contributed by atoms with Crippen LogP contribution in [0.15, 0.2) is 42.9 Å². The number of hydrogen-bond acceptors (Lipinski definition) is 7. The molecule has 0 spiro atoms. The average Bonchev–Trinajstić information content (AvgIpc) is 3.00. The Balaban J connectivity index is 1.48. The van der Waals surface area contributed by atoms with Crippen molar-refractivity contribution in [1.82, 2.24) is 19.8 Å². The summed E-state index contributed by atoms with van der Waals surface area (Å²) in [5.41, 5.74) is 7.65. The Morgan fingerprint density at radius 3 is 1.86 bits per heavy atom. The topological polar surface area (TPSA) is 48.0 Å². The Kier molecular flexibility index (Phi) is 8.47. The van der Waals surface area contributed by atoms with Crippen LogP contribution in [0.4, 0.5) is 11.4 Å². The first-order valence-electron chi connectivity index (χ1n) is 16.0. The molecule has 2 aliphatic heterocycles. The van der Waals surface area contributed by atoms with Crippen LogP contribution in [-0.4, -0.2) is 93.3 Å². The molecule has 228 valence electrons. The van der Waals surface area contributed by atoms with E-state index < -0.39 is 0 Å². The van der Waals surface area contributed by atoms with Gasteiger partial charge in [-0.15, -0.1) is 0 Å². The molecule has 7 heteroatoms. The van der Waals surface area contributed by atoms with Crippen LogP contribution in [0.5, 0.6) is 5.75 Å². The van der Waals surface area contributed by atoms with Crippen molar-refractivity contribution in [2.24, 2.45) is 0 Å². The number of fused-ring (bicyclic) bond motifs is 2. The van der Waals surface area contributed by atoms with Crippen LogP contribution in [-0.2, 0) is 6.42 Å². The van der Waals surface area contributed by atoms with Crippen molar-refractivity contribution in [3.05, 3.63) is 65.2 Å². The number of anilines is 2. The van der Waals surface area contributed by atoms with Crippen molar-refractivity contribution in [3.8, 4) is 5.75 Å². The maximum Gasteiger partial charge on any atom is 0.121 e. The molecule has 0 unspecified atom stereocenters. The number of piperazine rings is 2. The van der Waals surface area contributed by atoms with Gasteiger partial charge in [0.05, 0.1) is 7.11 Å². The summed E-state index contributed by atoms with van der Waals surface area (Å²) in [4.78, 5) is 19.8. The van der Waals surface area contributed by atoms with Crippen molar-refractivity contribution in [2.75, 3.05) is 83.4 Å². The van der Waals surface area contributed by atoms with Gasteiger partial charge in [-0.3, -0.25) is 9.97 Å². The zero-order valence-corrected chi connectivity index (χ0v) is 27.2. The minimum absolute atomic E-state index is 0.326. The van der Waals surface area contributed by atoms with Gasteiger partial charge in [0.2, 0.25) is 0 Å². The van der Waals surface area contributed by atoms with Crippen LogP contribution in [0.2, 0.25) is 0 Å². The molecule has 2 aliphatic rings. The van der Waals surface area contributed by atoms with Crippen LogP contribution in [0, 0.1) is 0 Å². The van der Waals surface area contributed by atoms with E-state index >= 15 is 0 Å². The zero-order chi connectivity index (χ0) is 30.2. The highest BCUT2D eigenvalue weighted by Gasteiger charge is 2.23. The number of aromatic nitrogens is 2. The lowest BCUT2D eigenvalue weighted by Gasteiger charge is -2.35. The lowest BCUT2D eigenvalue weighted by molar-refractivity contribution is 0.313. The van der Waals surface area contributed by atoms with Gasteiger partial charge < -0.3 is 24.3 Å². The quantitative estimate of drug-likeness (QED) is 0.261. The largest absolute Gasteiger partial charge is 0.497 e. The molecule has 2 aromatic heterocycles. The van der Waals surface area contributed by atoms with Crippen molar-refractivity contribution < 1.29 is 4.74 Å². The first-order valence-corrected chi connectivity index (χ1v) is 16.0. The number of pyridine rings is 2. The van der Waals surface area contributed by atoms with E-state index in [0.29, 0.717) is 11.8 Å². The molecule has 0 aliphatic carbocycles. The minimum atomic E-state index is 0.326. The molecule has 0 bridgehead atoms. The minimum Gasteiger partial charge on any atom is -0.497 e. The average molecular weight is 581 g/mol. The van der Waals surface area contributed by atoms with Crippen LogP contribution in [0.1, 0.15) is 61.9 Å². The lowest BCUT2D eigenvalue weighted by Crippen LogP contribution is -2.44. The highest BCUT2D eigenvalue weighted by Crippen LogP contribution is 2.39. The second kappa shape index (κ2) is 12.3. The summed E-state index contributed by atoms with van der Waals surface area (Å²) in [5.74, 6) is 1.64. The number of nitrogens with zero attached hydrogens (tertiary/aromatic N) is 6. The van der Waals surface area contributed by atoms with Crippen molar-refractivity contribution >= 4 is 32.9 Å². The summed E-state index contributed by atoms with van der Waals surface area (Å²) in [6.45, 7) is 17.5. The molecule has 4 heterocycles. The number of hydrogen-bond donors (Lipinski definition) is 0. The summed E-state index contributed by atoms with van der Waals surface area (Å²) in [7, 11) is 6.20. The van der Waals surface area contributed by atoms with E-state index in [1.54, 1.807) is 7.11 Å². The van der Waals surface area contributed by atoms with E-state index in [1.807, 2.05) is 0 Å². The fourth-order valence-corrected chi connectivity index (χ4v) is 6.95. The summed E-state index contributed by atoms with van der Waals surface area (Å²) in [6.07, 6.45) is 7.04. The van der Waals surface area contributed by atoms with Gasteiger partial charge in [-0.1, -0.05) is 33.8 Å². The smallest absolute Gasteiger partial charge is 0.121 e. The number of ether oxygens (including phenoxy) is 1. The van der Waals surface area contributed by atoms with Gasteiger partial charge >= 0.3 is 0 Å². The molecule has 7 nitrogen and oxygen atoms in total. The molecule has 2 fully saturated rings. The third-order valence-corrected chi connectivity index (χ3v) is 9.52. The van der Waals surface area contributed by atoms with Gasteiger partial charge in [0, 0.05) is 111 Å². The van der Waals surface area contributed by atoms with Gasteiger partial charge in [-0.2, -0.15) is 0 Å². The Morgan fingerprint density at radius 2 is 1.28 bits per heavy atom. The standard InChI is InChI=1S/C36H48N6O/c1-24(2)30-21-37-22-31-28(30)16-26(18-34(31)41-12-8-39(5)9-13-41)17-33-36(25(3)4)29-19-27(43-7)20-35(32(29)23-38-33)42-14-10-40(6)11-15-42/h16,18-25H,8-15,17H2,1-7H3. The molecule has 0 saturated carbocycles. The normalized spacial score (nSPS) is 17.1. The Hall–Kier alpha value is -3.42. The summed E-state index contributed by atoms with van der Waals surface area (Å²) in [6, 6.07) is 9.25. The zero-order valence-electron chi connectivity index (χ0n) is 27.2. The Bertz CT molecular complexity index is 1600. The van der Waals surface area contributed by atoms with E-state index in [2.05, 4.69) is 109 Å². The van der Waals surface area contributed by atoms with Crippen molar-refractivity contribution in [1.29, 1.82) is 0 Å². The first-order chi connectivity index (χ1) is 20.7. The molecule has 43 heavy (non-hydrogen) atoms. The van der Waals surface area contributed by atoms with E-state index in [-0.39, 0.29) is 0 Å². The van der Waals surface area contributed by atoms with Gasteiger partial charge in [-0.25, -0.2) is 0 Å². The highest BCUT2D eigenvalue weighted by molar-refractivity contribution is 5.99. The highest BCUT2D eigenvalue weighted by atomic mass is 16.5. The van der Waals surface area contributed by atoms with Gasteiger partial charge in [0.15, 0.2) is 0 Å². The van der Waals surface area contributed by atoms with Gasteiger partial charge in [0.1, 0.15) is 5.75 Å². The molecule has 2 saturated heterocycles. The fourth-order valence-electron chi connectivity index (χ4n) is 6.95. The molecule has 0 atom stereocenters.